The molecule has 8 heteroatoms. The van der Waals surface area contributed by atoms with Crippen molar-refractivity contribution in [1.29, 1.82) is 0 Å². The highest BCUT2D eigenvalue weighted by molar-refractivity contribution is 7.98. The minimum atomic E-state index is -0.351. The highest BCUT2D eigenvalue weighted by Gasteiger charge is 2.08. The highest BCUT2D eigenvalue weighted by Crippen LogP contribution is 2.20. The molecule has 1 aromatic carbocycles. The van der Waals surface area contributed by atoms with E-state index in [9.17, 15) is 4.79 Å². The summed E-state index contributed by atoms with van der Waals surface area (Å²) in [5.41, 5.74) is 1.56. The van der Waals surface area contributed by atoms with Crippen LogP contribution in [0.15, 0.2) is 29.4 Å². The molecule has 0 amide bonds. The van der Waals surface area contributed by atoms with Gasteiger partial charge in [0.25, 0.3) is 0 Å². The predicted octanol–water partition coefficient (Wildman–Crippen LogP) is 0.744. The Morgan fingerprint density at radius 2 is 2.15 bits per heavy atom. The van der Waals surface area contributed by atoms with Gasteiger partial charge in [-0.2, -0.15) is 0 Å². The Morgan fingerprint density at radius 1 is 1.40 bits per heavy atom. The van der Waals surface area contributed by atoms with Crippen LogP contribution < -0.4 is 0 Å². The molecular weight excluding hydrogens is 280 g/mol. The van der Waals surface area contributed by atoms with Crippen molar-refractivity contribution >= 4 is 17.7 Å². The van der Waals surface area contributed by atoms with E-state index in [1.807, 2.05) is 12.1 Å². The van der Waals surface area contributed by atoms with Crippen molar-refractivity contribution in [3.8, 4) is 0 Å². The summed E-state index contributed by atoms with van der Waals surface area (Å²) < 4.78 is 6.19. The number of nitrogens with zero attached hydrogens (tertiary/aromatic N) is 4. The van der Waals surface area contributed by atoms with Crippen molar-refractivity contribution in [1.82, 2.24) is 20.2 Å². The molecule has 7 nitrogen and oxygen atoms in total. The SMILES string of the molecule is COC(=O)c1ccc(CSc2nnnn2CCO)cc1. The first-order valence-electron chi connectivity index (χ1n) is 5.91. The molecule has 1 aromatic heterocycles. The van der Waals surface area contributed by atoms with Gasteiger partial charge in [0, 0.05) is 5.75 Å². The Morgan fingerprint density at radius 3 is 2.80 bits per heavy atom. The van der Waals surface area contributed by atoms with Gasteiger partial charge in [0.15, 0.2) is 0 Å². The van der Waals surface area contributed by atoms with Gasteiger partial charge in [-0.1, -0.05) is 23.9 Å². The molecule has 0 aliphatic carbocycles. The van der Waals surface area contributed by atoms with Crippen molar-refractivity contribution in [3.05, 3.63) is 35.4 Å². The van der Waals surface area contributed by atoms with Crippen LogP contribution in [0.1, 0.15) is 15.9 Å². The van der Waals surface area contributed by atoms with Gasteiger partial charge in [-0.05, 0) is 28.1 Å². The monoisotopic (exact) mass is 294 g/mol. The number of methoxy groups -OCH3 is 1. The van der Waals surface area contributed by atoms with Gasteiger partial charge in [-0.3, -0.25) is 0 Å². The number of esters is 1. The van der Waals surface area contributed by atoms with Crippen LogP contribution in [-0.4, -0.2) is 45.0 Å². The van der Waals surface area contributed by atoms with Crippen molar-refractivity contribution in [3.63, 3.8) is 0 Å². The molecule has 0 spiro atoms. The molecule has 0 fully saturated rings. The van der Waals surface area contributed by atoms with Crippen LogP contribution in [0.4, 0.5) is 0 Å². The molecule has 0 atom stereocenters. The Kier molecular flexibility index (Phi) is 5.08. The van der Waals surface area contributed by atoms with E-state index in [2.05, 4.69) is 20.3 Å². The zero-order valence-electron chi connectivity index (χ0n) is 10.9. The lowest BCUT2D eigenvalue weighted by molar-refractivity contribution is 0.0600. The summed E-state index contributed by atoms with van der Waals surface area (Å²) >= 11 is 1.47. The number of aliphatic hydroxyl groups is 1. The molecule has 0 aliphatic heterocycles. The summed E-state index contributed by atoms with van der Waals surface area (Å²) in [5, 5.41) is 20.8. The van der Waals surface area contributed by atoms with Gasteiger partial charge in [0.2, 0.25) is 5.16 Å². The van der Waals surface area contributed by atoms with Gasteiger partial charge in [-0.15, -0.1) is 5.10 Å². The quantitative estimate of drug-likeness (QED) is 0.621. The van der Waals surface area contributed by atoms with E-state index >= 15 is 0 Å². The van der Waals surface area contributed by atoms with Crippen molar-refractivity contribution in [2.45, 2.75) is 17.5 Å². The fourth-order valence-corrected chi connectivity index (χ4v) is 2.40. The van der Waals surface area contributed by atoms with Crippen LogP contribution in [0.25, 0.3) is 0 Å². The molecule has 1 heterocycles. The minimum absolute atomic E-state index is 0.00751. The summed E-state index contributed by atoms with van der Waals surface area (Å²) in [6.45, 7) is 0.364. The van der Waals surface area contributed by atoms with E-state index in [-0.39, 0.29) is 12.6 Å². The third-order valence-corrected chi connectivity index (χ3v) is 3.58. The molecule has 0 aliphatic rings. The van der Waals surface area contributed by atoms with E-state index in [0.29, 0.717) is 23.0 Å². The van der Waals surface area contributed by atoms with Crippen LogP contribution in [0.2, 0.25) is 0 Å². The molecule has 0 radical (unpaired) electrons. The lowest BCUT2D eigenvalue weighted by Gasteiger charge is -2.03. The fourth-order valence-electron chi connectivity index (χ4n) is 1.54. The number of tetrazole rings is 1. The zero-order valence-corrected chi connectivity index (χ0v) is 11.7. The first-order valence-corrected chi connectivity index (χ1v) is 6.90. The average molecular weight is 294 g/mol. The Bertz CT molecular complexity index is 570. The molecule has 20 heavy (non-hydrogen) atoms. The topological polar surface area (TPSA) is 90.1 Å². The maximum absolute atomic E-state index is 11.3. The second kappa shape index (κ2) is 7.01. The number of carbonyl (C=O) groups excluding carboxylic acids is 1. The fraction of sp³-hybridized carbons (Fsp3) is 0.333. The van der Waals surface area contributed by atoms with Crippen LogP contribution >= 0.6 is 11.8 Å². The van der Waals surface area contributed by atoms with Crippen molar-refractivity contribution < 1.29 is 14.6 Å². The molecule has 0 bridgehead atoms. The summed E-state index contributed by atoms with van der Waals surface area (Å²) in [5.74, 6) is 0.323. The molecule has 2 rings (SSSR count). The normalized spacial score (nSPS) is 10.5. The second-order valence-corrected chi connectivity index (χ2v) is 4.83. The lowest BCUT2D eigenvalue weighted by atomic mass is 10.1. The number of carbonyl (C=O) groups is 1. The number of rotatable bonds is 6. The van der Waals surface area contributed by atoms with Gasteiger partial charge in [-0.25, -0.2) is 9.48 Å². The van der Waals surface area contributed by atoms with E-state index in [1.165, 1.54) is 18.9 Å². The van der Waals surface area contributed by atoms with E-state index in [4.69, 9.17) is 5.11 Å². The smallest absolute Gasteiger partial charge is 0.337 e. The van der Waals surface area contributed by atoms with Gasteiger partial charge in [0.05, 0.1) is 25.8 Å². The Labute approximate surface area is 119 Å². The zero-order chi connectivity index (χ0) is 14.4. The summed E-state index contributed by atoms with van der Waals surface area (Å²) in [6.07, 6.45) is 0. The van der Waals surface area contributed by atoms with Crippen LogP contribution in [0, 0.1) is 0 Å². The summed E-state index contributed by atoms with van der Waals surface area (Å²) in [7, 11) is 1.35. The van der Waals surface area contributed by atoms with Crippen molar-refractivity contribution in [2.75, 3.05) is 13.7 Å². The summed E-state index contributed by atoms with van der Waals surface area (Å²) in [4.78, 5) is 11.3. The second-order valence-electron chi connectivity index (χ2n) is 3.89. The number of aromatic nitrogens is 4. The number of hydrogen-bond acceptors (Lipinski definition) is 7. The molecule has 106 valence electrons. The summed E-state index contributed by atoms with van der Waals surface area (Å²) in [6, 6.07) is 7.16. The van der Waals surface area contributed by atoms with E-state index in [0.717, 1.165) is 5.56 Å². The Hall–Kier alpha value is -1.93. The first kappa shape index (κ1) is 14.5. The van der Waals surface area contributed by atoms with Gasteiger partial charge in [0.1, 0.15) is 0 Å². The average Bonchev–Trinajstić information content (AvgIpc) is 2.92. The number of hydrogen-bond donors (Lipinski definition) is 1. The molecule has 1 N–H and O–H groups in total. The maximum Gasteiger partial charge on any atom is 0.337 e. The standard InChI is InChI=1S/C12H14N4O3S/c1-19-11(18)10-4-2-9(3-5-10)8-20-12-13-14-15-16(12)6-7-17/h2-5,17H,6-8H2,1H3. The van der Waals surface area contributed by atoms with Gasteiger partial charge < -0.3 is 9.84 Å². The van der Waals surface area contributed by atoms with Crippen LogP contribution in [-0.2, 0) is 17.0 Å². The van der Waals surface area contributed by atoms with Crippen molar-refractivity contribution in [2.24, 2.45) is 0 Å². The number of ether oxygens (including phenoxy) is 1. The molecule has 2 aromatic rings. The number of benzene rings is 1. The molecule has 0 saturated carbocycles. The maximum atomic E-state index is 11.3. The number of thioether (sulfide) groups is 1. The minimum Gasteiger partial charge on any atom is -0.465 e. The lowest BCUT2D eigenvalue weighted by Crippen LogP contribution is -2.05. The molecular formula is C12H14N4O3S. The number of aliphatic hydroxyl groups excluding tert-OH is 1. The third-order valence-electron chi connectivity index (χ3n) is 2.55. The molecule has 0 unspecified atom stereocenters. The van der Waals surface area contributed by atoms with Gasteiger partial charge >= 0.3 is 5.97 Å². The molecule has 0 saturated heterocycles. The Balaban J connectivity index is 1.97. The largest absolute Gasteiger partial charge is 0.465 e. The predicted molar refractivity (Wildman–Crippen MR) is 72.2 cm³/mol. The van der Waals surface area contributed by atoms with E-state index in [1.54, 1.807) is 16.8 Å². The van der Waals surface area contributed by atoms with Crippen LogP contribution in [0.3, 0.4) is 0 Å². The van der Waals surface area contributed by atoms with E-state index < -0.39 is 0 Å². The van der Waals surface area contributed by atoms with Crippen LogP contribution in [0.5, 0.6) is 0 Å². The third kappa shape index (κ3) is 3.55. The highest BCUT2D eigenvalue weighted by atomic mass is 32.2. The first-order chi connectivity index (χ1) is 9.74.